The molecule has 21 heavy (non-hydrogen) atoms. The van der Waals surface area contributed by atoms with Crippen molar-refractivity contribution in [1.82, 2.24) is 4.72 Å². The van der Waals surface area contributed by atoms with Crippen LogP contribution in [-0.4, -0.2) is 14.5 Å². The van der Waals surface area contributed by atoms with Gasteiger partial charge in [0.15, 0.2) is 0 Å². The summed E-state index contributed by atoms with van der Waals surface area (Å²) in [4.78, 5) is -0.0155. The molecule has 0 spiro atoms. The molecule has 0 radical (unpaired) electrons. The Morgan fingerprint density at radius 3 is 2.57 bits per heavy atom. The number of rotatable bonds is 4. The second kappa shape index (κ2) is 6.32. The third-order valence-electron chi connectivity index (χ3n) is 4.44. The molecule has 0 saturated heterocycles. The van der Waals surface area contributed by atoms with Crippen LogP contribution >= 0.6 is 23.2 Å². The van der Waals surface area contributed by atoms with Crippen LogP contribution in [-0.2, 0) is 10.0 Å². The van der Waals surface area contributed by atoms with Gasteiger partial charge in [0.25, 0.3) is 0 Å². The lowest BCUT2D eigenvalue weighted by atomic mass is 9.94. The predicted octanol–water partition coefficient (Wildman–Crippen LogP) is 3.68. The van der Waals surface area contributed by atoms with E-state index in [2.05, 4.69) is 18.6 Å². The maximum Gasteiger partial charge on any atom is 0.242 e. The summed E-state index contributed by atoms with van der Waals surface area (Å²) in [5, 5.41) is 0.229. The maximum absolute atomic E-state index is 12.5. The average Bonchev–Trinajstić information content (AvgIpc) is 2.76. The van der Waals surface area contributed by atoms with Gasteiger partial charge in [-0.15, -0.1) is 0 Å². The van der Waals surface area contributed by atoms with Crippen molar-refractivity contribution in [2.75, 3.05) is 5.73 Å². The van der Waals surface area contributed by atoms with Crippen molar-refractivity contribution in [2.24, 2.45) is 11.8 Å². The van der Waals surface area contributed by atoms with Crippen molar-refractivity contribution >= 4 is 38.9 Å². The van der Waals surface area contributed by atoms with E-state index in [9.17, 15) is 8.42 Å². The molecule has 1 aliphatic rings. The van der Waals surface area contributed by atoms with Gasteiger partial charge in [-0.25, -0.2) is 13.1 Å². The van der Waals surface area contributed by atoms with Gasteiger partial charge >= 0.3 is 0 Å². The minimum Gasteiger partial charge on any atom is -0.396 e. The van der Waals surface area contributed by atoms with Crippen molar-refractivity contribution < 1.29 is 8.42 Å². The van der Waals surface area contributed by atoms with Crippen LogP contribution in [0.1, 0.15) is 33.1 Å². The SMILES string of the molecule is CCC1CCC(NS(=O)(=O)c2ccc(Cl)c(N)c2Cl)C1C. The smallest absolute Gasteiger partial charge is 0.242 e. The Kier molecular flexibility index (Phi) is 5.08. The Balaban J connectivity index is 2.26. The predicted molar refractivity (Wildman–Crippen MR) is 87.2 cm³/mol. The Morgan fingerprint density at radius 2 is 2.00 bits per heavy atom. The van der Waals surface area contributed by atoms with Crippen molar-refractivity contribution in [2.45, 2.75) is 44.0 Å². The second-order valence-corrected chi connectivity index (χ2v) is 8.07. The summed E-state index contributed by atoms with van der Waals surface area (Å²) in [6, 6.07) is 2.78. The molecule has 0 aromatic heterocycles. The summed E-state index contributed by atoms with van der Waals surface area (Å²) < 4.78 is 27.8. The Hall–Kier alpha value is -0.490. The van der Waals surface area contributed by atoms with Crippen LogP contribution in [0.4, 0.5) is 5.69 Å². The summed E-state index contributed by atoms with van der Waals surface area (Å²) in [5.41, 5.74) is 5.79. The number of halogens is 2. The molecule has 1 aromatic carbocycles. The number of nitrogens with one attached hydrogen (secondary N) is 1. The molecule has 118 valence electrons. The maximum atomic E-state index is 12.5. The third-order valence-corrected chi connectivity index (χ3v) is 6.82. The lowest BCUT2D eigenvalue weighted by molar-refractivity contribution is 0.368. The van der Waals surface area contributed by atoms with Crippen molar-refractivity contribution in [3.05, 3.63) is 22.2 Å². The van der Waals surface area contributed by atoms with E-state index in [1.54, 1.807) is 0 Å². The minimum absolute atomic E-state index is 0.0155. The van der Waals surface area contributed by atoms with Crippen LogP contribution in [0.3, 0.4) is 0 Å². The number of nitrogen functional groups attached to an aromatic ring is 1. The highest BCUT2D eigenvalue weighted by atomic mass is 35.5. The van der Waals surface area contributed by atoms with Crippen LogP contribution < -0.4 is 10.5 Å². The van der Waals surface area contributed by atoms with Gasteiger partial charge in [-0.05, 0) is 36.8 Å². The van der Waals surface area contributed by atoms with Gasteiger partial charge in [0.2, 0.25) is 10.0 Å². The molecule has 0 aliphatic heterocycles. The third kappa shape index (κ3) is 3.31. The van der Waals surface area contributed by atoms with E-state index in [1.807, 2.05) is 0 Å². The first-order valence-electron chi connectivity index (χ1n) is 7.03. The van der Waals surface area contributed by atoms with Crippen LogP contribution in [0.15, 0.2) is 17.0 Å². The second-order valence-electron chi connectivity index (χ2n) is 5.61. The molecule has 2 rings (SSSR count). The molecule has 1 aliphatic carbocycles. The van der Waals surface area contributed by atoms with Crippen LogP contribution in [0.2, 0.25) is 10.0 Å². The average molecular weight is 351 g/mol. The summed E-state index contributed by atoms with van der Waals surface area (Å²) in [5.74, 6) is 0.872. The molecule has 1 aromatic rings. The number of anilines is 1. The Labute approximate surface area is 136 Å². The largest absolute Gasteiger partial charge is 0.396 e. The number of benzene rings is 1. The van der Waals surface area contributed by atoms with Crippen molar-refractivity contribution in [1.29, 1.82) is 0 Å². The zero-order valence-electron chi connectivity index (χ0n) is 12.1. The van der Waals surface area contributed by atoms with Gasteiger partial charge in [0.05, 0.1) is 15.7 Å². The normalized spacial score (nSPS) is 26.2. The lowest BCUT2D eigenvalue weighted by Crippen LogP contribution is -2.37. The van der Waals surface area contributed by atoms with Gasteiger partial charge in [-0.2, -0.15) is 0 Å². The van der Waals surface area contributed by atoms with Gasteiger partial charge in [0, 0.05) is 6.04 Å². The fourth-order valence-corrected chi connectivity index (χ4v) is 5.14. The zero-order chi connectivity index (χ0) is 15.8. The van der Waals surface area contributed by atoms with E-state index >= 15 is 0 Å². The van der Waals surface area contributed by atoms with E-state index in [4.69, 9.17) is 28.9 Å². The molecule has 0 heterocycles. The van der Waals surface area contributed by atoms with Gasteiger partial charge in [-0.1, -0.05) is 43.5 Å². The van der Waals surface area contributed by atoms with E-state index in [0.29, 0.717) is 11.8 Å². The summed E-state index contributed by atoms with van der Waals surface area (Å²) >= 11 is 11.9. The van der Waals surface area contributed by atoms with Gasteiger partial charge in [0.1, 0.15) is 4.90 Å². The fourth-order valence-electron chi connectivity index (χ4n) is 3.01. The molecule has 3 atom stereocenters. The van der Waals surface area contributed by atoms with Crippen LogP contribution in [0.25, 0.3) is 0 Å². The standard InChI is InChI=1S/C14H20Cl2N2O2S/c1-3-9-4-6-11(8(9)2)18-21(19,20)12-7-5-10(15)14(17)13(12)16/h5,7-9,11,18H,3-4,6,17H2,1-2H3. The first-order valence-corrected chi connectivity index (χ1v) is 9.27. The Morgan fingerprint density at radius 1 is 1.33 bits per heavy atom. The highest BCUT2D eigenvalue weighted by molar-refractivity contribution is 7.89. The molecule has 0 amide bonds. The molecule has 7 heteroatoms. The highest BCUT2D eigenvalue weighted by Crippen LogP contribution is 2.36. The number of sulfonamides is 1. The van der Waals surface area contributed by atoms with E-state index in [1.165, 1.54) is 12.1 Å². The molecule has 0 bridgehead atoms. The summed E-state index contributed by atoms with van der Waals surface area (Å²) in [6.45, 7) is 4.22. The number of nitrogens with two attached hydrogens (primary N) is 1. The van der Waals surface area contributed by atoms with E-state index in [0.717, 1.165) is 19.3 Å². The molecule has 3 N–H and O–H groups in total. The quantitative estimate of drug-likeness (QED) is 0.813. The molecular weight excluding hydrogens is 331 g/mol. The Bertz CT molecular complexity index is 634. The molecule has 3 unspecified atom stereocenters. The molecule has 4 nitrogen and oxygen atoms in total. The van der Waals surface area contributed by atoms with Crippen molar-refractivity contribution in [3.8, 4) is 0 Å². The van der Waals surface area contributed by atoms with Gasteiger partial charge < -0.3 is 5.73 Å². The highest BCUT2D eigenvalue weighted by Gasteiger charge is 2.35. The fraction of sp³-hybridized carbons (Fsp3) is 0.571. The molecule has 1 fully saturated rings. The van der Waals surface area contributed by atoms with Crippen molar-refractivity contribution in [3.63, 3.8) is 0 Å². The minimum atomic E-state index is -3.70. The monoisotopic (exact) mass is 350 g/mol. The number of hydrogen-bond donors (Lipinski definition) is 2. The van der Waals surface area contributed by atoms with E-state index < -0.39 is 10.0 Å². The van der Waals surface area contributed by atoms with E-state index in [-0.39, 0.29) is 26.7 Å². The zero-order valence-corrected chi connectivity index (χ0v) is 14.4. The summed E-state index contributed by atoms with van der Waals surface area (Å²) in [7, 11) is -3.70. The lowest BCUT2D eigenvalue weighted by Gasteiger charge is -2.21. The first kappa shape index (κ1) is 16.9. The molecule has 1 saturated carbocycles. The van der Waals surface area contributed by atoms with Gasteiger partial charge in [-0.3, -0.25) is 0 Å². The number of hydrogen-bond acceptors (Lipinski definition) is 3. The summed E-state index contributed by atoms with van der Waals surface area (Å²) in [6.07, 6.45) is 2.95. The topological polar surface area (TPSA) is 72.2 Å². The first-order chi connectivity index (χ1) is 9.77. The van der Waals surface area contributed by atoms with Crippen LogP contribution in [0, 0.1) is 11.8 Å². The van der Waals surface area contributed by atoms with Crippen LogP contribution in [0.5, 0.6) is 0 Å². The molecular formula is C14H20Cl2N2O2S.